The molecule has 0 atom stereocenters. The highest BCUT2D eigenvalue weighted by Gasteiger charge is 2.21. The third-order valence-corrected chi connectivity index (χ3v) is 5.23. The summed E-state index contributed by atoms with van der Waals surface area (Å²) in [5, 5.41) is 3.72. The van der Waals surface area contributed by atoms with Gasteiger partial charge in [0.1, 0.15) is 0 Å². The Morgan fingerprint density at radius 3 is 2.74 bits per heavy atom. The quantitative estimate of drug-likeness (QED) is 0.813. The Morgan fingerprint density at radius 2 is 2.11 bits per heavy atom. The lowest BCUT2D eigenvalue weighted by Crippen LogP contribution is -2.28. The first-order valence-corrected chi connectivity index (χ1v) is 8.89. The monoisotopic (exact) mass is 366 g/mol. The molecular formula is C12H16BrClN2O2S. The lowest BCUT2D eigenvalue weighted by atomic mass is 10.2. The molecule has 19 heavy (non-hydrogen) atoms. The maximum Gasteiger partial charge on any atom is 0.234 e. The molecule has 1 aliphatic rings. The summed E-state index contributed by atoms with van der Waals surface area (Å²) in [6.45, 7) is 2.34. The van der Waals surface area contributed by atoms with Crippen LogP contribution in [0.25, 0.3) is 0 Å². The fourth-order valence-electron chi connectivity index (χ4n) is 1.63. The molecule has 0 aromatic heterocycles. The third-order valence-electron chi connectivity index (χ3n) is 2.89. The molecule has 1 aliphatic carbocycles. The van der Waals surface area contributed by atoms with Crippen molar-refractivity contribution in [1.82, 2.24) is 5.32 Å². The van der Waals surface area contributed by atoms with Crippen molar-refractivity contribution >= 4 is 43.2 Å². The molecule has 4 nitrogen and oxygen atoms in total. The van der Waals surface area contributed by atoms with Gasteiger partial charge in [0.15, 0.2) is 0 Å². The Labute approximate surface area is 127 Å². The average Bonchev–Trinajstić information content (AvgIpc) is 3.09. The van der Waals surface area contributed by atoms with Crippen LogP contribution in [-0.2, 0) is 10.0 Å². The molecule has 1 aromatic rings. The maximum absolute atomic E-state index is 11.9. The summed E-state index contributed by atoms with van der Waals surface area (Å²) >= 11 is 9.33. The number of hydrogen-bond acceptors (Lipinski definition) is 3. The molecule has 7 heteroatoms. The third kappa shape index (κ3) is 4.63. The van der Waals surface area contributed by atoms with E-state index in [0.717, 1.165) is 18.4 Å². The predicted molar refractivity (Wildman–Crippen MR) is 82.3 cm³/mol. The minimum atomic E-state index is -3.36. The van der Waals surface area contributed by atoms with Crippen LogP contribution in [0.5, 0.6) is 0 Å². The molecule has 0 bridgehead atoms. The number of aryl methyl sites for hydroxylation is 1. The summed E-state index contributed by atoms with van der Waals surface area (Å²) in [5.41, 5.74) is 1.37. The van der Waals surface area contributed by atoms with Crippen LogP contribution in [0.2, 0.25) is 5.02 Å². The van der Waals surface area contributed by atoms with Crippen LogP contribution in [-0.4, -0.2) is 26.8 Å². The summed E-state index contributed by atoms with van der Waals surface area (Å²) in [7, 11) is -3.36. The maximum atomic E-state index is 11.9. The molecule has 2 rings (SSSR count). The van der Waals surface area contributed by atoms with Crippen molar-refractivity contribution in [3.63, 3.8) is 0 Å². The van der Waals surface area contributed by atoms with Gasteiger partial charge in [-0.15, -0.1) is 0 Å². The normalized spacial score (nSPS) is 15.5. The number of nitrogens with one attached hydrogen (secondary N) is 2. The lowest BCUT2D eigenvalue weighted by molar-refractivity contribution is 0.595. The van der Waals surface area contributed by atoms with Crippen LogP contribution in [0.4, 0.5) is 5.69 Å². The van der Waals surface area contributed by atoms with Crippen LogP contribution in [0, 0.1) is 6.92 Å². The highest BCUT2D eigenvalue weighted by atomic mass is 79.9. The van der Waals surface area contributed by atoms with Gasteiger partial charge in [0, 0.05) is 22.1 Å². The van der Waals surface area contributed by atoms with E-state index >= 15 is 0 Å². The van der Waals surface area contributed by atoms with Crippen LogP contribution in [0.1, 0.15) is 18.4 Å². The van der Waals surface area contributed by atoms with Gasteiger partial charge >= 0.3 is 0 Å². The van der Waals surface area contributed by atoms with E-state index in [2.05, 4.69) is 26.0 Å². The number of benzene rings is 1. The molecule has 0 heterocycles. The topological polar surface area (TPSA) is 58.2 Å². The molecule has 106 valence electrons. The molecule has 1 fully saturated rings. The van der Waals surface area contributed by atoms with Gasteiger partial charge in [-0.3, -0.25) is 4.72 Å². The average molecular weight is 368 g/mol. The van der Waals surface area contributed by atoms with Gasteiger partial charge < -0.3 is 5.32 Å². The predicted octanol–water partition coefficient (Wildman–Crippen LogP) is 2.90. The number of anilines is 1. The number of halogens is 2. The van der Waals surface area contributed by atoms with Gasteiger partial charge in [-0.1, -0.05) is 11.6 Å². The molecule has 1 saturated carbocycles. The van der Waals surface area contributed by atoms with E-state index in [0.29, 0.717) is 27.8 Å². The Hall–Kier alpha value is -0.300. The molecule has 0 radical (unpaired) electrons. The molecule has 0 aliphatic heterocycles. The van der Waals surface area contributed by atoms with Gasteiger partial charge in [-0.25, -0.2) is 8.42 Å². The van der Waals surface area contributed by atoms with E-state index in [1.807, 2.05) is 6.92 Å². The summed E-state index contributed by atoms with van der Waals surface area (Å²) in [6, 6.07) is 3.92. The standard InChI is InChI=1S/C12H16BrClN2O2S/c1-8-6-10(13)12(7-11(8)14)16-19(17,18)5-4-15-9-2-3-9/h6-7,9,15-16H,2-5H2,1H3. The second-order valence-corrected chi connectivity index (χ2v) is 7.83. The summed E-state index contributed by atoms with van der Waals surface area (Å²) < 4.78 is 27.1. The molecule has 0 unspecified atom stereocenters. The van der Waals surface area contributed by atoms with Crippen LogP contribution < -0.4 is 10.0 Å². The smallest absolute Gasteiger partial charge is 0.234 e. The summed E-state index contributed by atoms with van der Waals surface area (Å²) in [5.74, 6) is 0.0570. The minimum Gasteiger partial charge on any atom is -0.313 e. The molecule has 0 amide bonds. The summed E-state index contributed by atoms with van der Waals surface area (Å²) in [6.07, 6.45) is 2.29. The number of rotatable bonds is 6. The fourth-order valence-corrected chi connectivity index (χ4v) is 3.47. The Balaban J connectivity index is 2.00. The van der Waals surface area contributed by atoms with E-state index in [1.165, 1.54) is 0 Å². The van der Waals surface area contributed by atoms with Crippen LogP contribution in [0.3, 0.4) is 0 Å². The van der Waals surface area contributed by atoms with Crippen molar-refractivity contribution < 1.29 is 8.42 Å². The highest BCUT2D eigenvalue weighted by molar-refractivity contribution is 9.10. The van der Waals surface area contributed by atoms with E-state index < -0.39 is 10.0 Å². The van der Waals surface area contributed by atoms with E-state index in [9.17, 15) is 8.42 Å². The van der Waals surface area contributed by atoms with Crippen molar-refractivity contribution in [3.05, 3.63) is 27.2 Å². The molecular weight excluding hydrogens is 352 g/mol. The molecule has 1 aromatic carbocycles. The van der Waals surface area contributed by atoms with Gasteiger partial charge in [0.25, 0.3) is 0 Å². The Morgan fingerprint density at radius 1 is 1.42 bits per heavy atom. The molecule has 0 spiro atoms. The zero-order valence-electron chi connectivity index (χ0n) is 10.5. The van der Waals surface area contributed by atoms with Gasteiger partial charge in [-0.2, -0.15) is 0 Å². The van der Waals surface area contributed by atoms with E-state index in [4.69, 9.17) is 11.6 Å². The molecule has 2 N–H and O–H groups in total. The first-order chi connectivity index (χ1) is 8.87. The van der Waals surface area contributed by atoms with Crippen LogP contribution in [0.15, 0.2) is 16.6 Å². The van der Waals surface area contributed by atoms with Crippen molar-refractivity contribution in [2.24, 2.45) is 0 Å². The Bertz CT molecular complexity index is 573. The number of hydrogen-bond donors (Lipinski definition) is 2. The van der Waals surface area contributed by atoms with E-state index in [1.54, 1.807) is 12.1 Å². The van der Waals surface area contributed by atoms with Crippen molar-refractivity contribution in [2.45, 2.75) is 25.8 Å². The first kappa shape index (κ1) is 15.1. The van der Waals surface area contributed by atoms with Crippen molar-refractivity contribution in [2.75, 3.05) is 17.0 Å². The van der Waals surface area contributed by atoms with Crippen LogP contribution >= 0.6 is 27.5 Å². The van der Waals surface area contributed by atoms with Crippen molar-refractivity contribution in [1.29, 1.82) is 0 Å². The summed E-state index contributed by atoms with van der Waals surface area (Å²) in [4.78, 5) is 0. The van der Waals surface area contributed by atoms with Gasteiger partial charge in [0.2, 0.25) is 10.0 Å². The van der Waals surface area contributed by atoms with Crippen molar-refractivity contribution in [3.8, 4) is 0 Å². The zero-order chi connectivity index (χ0) is 14.0. The largest absolute Gasteiger partial charge is 0.313 e. The van der Waals surface area contributed by atoms with Gasteiger partial charge in [0.05, 0.1) is 11.4 Å². The number of sulfonamides is 1. The van der Waals surface area contributed by atoms with Gasteiger partial charge in [-0.05, 0) is 53.4 Å². The molecule has 0 saturated heterocycles. The first-order valence-electron chi connectivity index (χ1n) is 6.07. The minimum absolute atomic E-state index is 0.0570. The second-order valence-electron chi connectivity index (χ2n) is 4.73. The van der Waals surface area contributed by atoms with E-state index in [-0.39, 0.29) is 5.75 Å². The fraction of sp³-hybridized carbons (Fsp3) is 0.500. The Kier molecular flexibility index (Phi) is 4.76. The second kappa shape index (κ2) is 5.99. The SMILES string of the molecule is Cc1cc(Br)c(NS(=O)(=O)CCNC2CC2)cc1Cl. The lowest BCUT2D eigenvalue weighted by Gasteiger charge is -2.11. The highest BCUT2D eigenvalue weighted by Crippen LogP contribution is 2.29. The zero-order valence-corrected chi connectivity index (χ0v) is 13.7.